The highest BCUT2D eigenvalue weighted by Crippen LogP contribution is 2.49. The summed E-state index contributed by atoms with van der Waals surface area (Å²) in [4.78, 5) is 34.3. The van der Waals surface area contributed by atoms with Crippen molar-refractivity contribution in [2.45, 2.75) is 39.7 Å². The zero-order valence-electron chi connectivity index (χ0n) is 20.9. The molecule has 2 aliphatic rings. The highest BCUT2D eigenvalue weighted by atomic mass is 32.2. The first kappa shape index (κ1) is 28.6. The van der Waals surface area contributed by atoms with Crippen LogP contribution in [0.2, 0.25) is 0 Å². The maximum absolute atomic E-state index is 12.7. The molecule has 14 heteroatoms. The van der Waals surface area contributed by atoms with E-state index in [4.69, 9.17) is 14.1 Å². The van der Waals surface area contributed by atoms with E-state index in [1.54, 1.807) is 0 Å². The van der Waals surface area contributed by atoms with Gasteiger partial charge >= 0.3 is 0 Å². The number of nitrogens with zero attached hydrogens (tertiary/aromatic N) is 2. The number of rotatable bonds is 9. The van der Waals surface area contributed by atoms with Crippen LogP contribution < -0.4 is 10.6 Å². The van der Waals surface area contributed by atoms with Gasteiger partial charge in [0.25, 0.3) is 32.1 Å². The first-order valence-corrected chi connectivity index (χ1v) is 14.6. The number of aliphatic imine (C=N–C) groups is 1. The van der Waals surface area contributed by atoms with E-state index in [0.717, 1.165) is 16.9 Å². The van der Waals surface area contributed by atoms with Gasteiger partial charge < -0.3 is 10.6 Å². The maximum Gasteiger partial charge on any atom is 0.269 e. The third kappa shape index (κ3) is 6.89. The van der Waals surface area contributed by atoms with E-state index in [1.807, 2.05) is 26.0 Å². The lowest BCUT2D eigenvalue weighted by Crippen LogP contribution is -2.32. The molecule has 0 spiro atoms. The zero-order chi connectivity index (χ0) is 27.8. The van der Waals surface area contributed by atoms with Gasteiger partial charge in [-0.25, -0.2) is 4.98 Å². The second-order valence-electron chi connectivity index (χ2n) is 9.73. The van der Waals surface area contributed by atoms with Crippen LogP contribution in [0.15, 0.2) is 34.9 Å². The lowest BCUT2D eigenvalue weighted by molar-refractivity contribution is 0.0947. The number of hydrogen-bond acceptors (Lipinski definition) is 8. The van der Waals surface area contributed by atoms with Crippen molar-refractivity contribution in [3.8, 4) is 0 Å². The zero-order valence-corrected chi connectivity index (χ0v) is 22.5. The molecule has 3 rings (SSSR count). The normalized spacial score (nSPS) is 20.9. The predicted octanol–water partition coefficient (Wildman–Crippen LogP) is 1.29. The van der Waals surface area contributed by atoms with Gasteiger partial charge in [-0.15, -0.1) is 0 Å². The summed E-state index contributed by atoms with van der Waals surface area (Å²) in [5.74, 6) is -2.95. The first-order chi connectivity index (χ1) is 16.9. The van der Waals surface area contributed by atoms with Crippen molar-refractivity contribution in [1.29, 1.82) is 0 Å². The molecule has 0 bridgehead atoms. The minimum absolute atomic E-state index is 0.182. The molecule has 2 amide bonds. The summed E-state index contributed by atoms with van der Waals surface area (Å²) in [6.07, 6.45) is 4.50. The predicted molar refractivity (Wildman–Crippen MR) is 138 cm³/mol. The van der Waals surface area contributed by atoms with E-state index in [0.29, 0.717) is 12.0 Å². The van der Waals surface area contributed by atoms with Gasteiger partial charge in [-0.05, 0) is 49.1 Å². The Bertz CT molecular complexity index is 1370. The molecule has 0 aromatic carbocycles. The maximum atomic E-state index is 12.7. The van der Waals surface area contributed by atoms with E-state index >= 15 is 0 Å². The Morgan fingerprint density at radius 2 is 1.43 bits per heavy atom. The van der Waals surface area contributed by atoms with Crippen molar-refractivity contribution >= 4 is 43.3 Å². The molecule has 0 saturated carbocycles. The summed E-state index contributed by atoms with van der Waals surface area (Å²) in [5.41, 5.74) is 2.21. The van der Waals surface area contributed by atoms with Crippen LogP contribution in [0.25, 0.3) is 5.57 Å². The molecule has 0 radical (unpaired) electrons. The van der Waals surface area contributed by atoms with Gasteiger partial charge in [0.15, 0.2) is 0 Å². The molecule has 1 aliphatic carbocycles. The lowest BCUT2D eigenvalue weighted by Gasteiger charge is -2.33. The van der Waals surface area contributed by atoms with Gasteiger partial charge in [0.1, 0.15) is 11.4 Å². The number of carbonyl (C=O) groups is 2. The van der Waals surface area contributed by atoms with Crippen LogP contribution in [-0.2, 0) is 20.2 Å². The minimum atomic E-state index is -4.30. The molecule has 1 aromatic rings. The highest BCUT2D eigenvalue weighted by Gasteiger charge is 2.46. The fourth-order valence-corrected chi connectivity index (χ4v) is 5.07. The number of nitrogens with one attached hydrogen (secondary N) is 2. The number of fused-ring (bicyclic) bond motifs is 1. The van der Waals surface area contributed by atoms with Crippen LogP contribution in [0.5, 0.6) is 0 Å². The van der Waals surface area contributed by atoms with Crippen LogP contribution in [0.1, 0.15) is 60.7 Å². The molecule has 1 aromatic heterocycles. The SMILES string of the molecule is CC1=NC2(C)CC=C(c3cc(C(=O)NCCS(=O)(=O)O)nc(C(=O)NCCS(=O)(=O)O)c3)C=C2C1(C)C. The van der Waals surface area contributed by atoms with Crippen LogP contribution in [0.4, 0.5) is 0 Å². The fraction of sp³-hybridized carbons (Fsp3) is 0.478. The van der Waals surface area contributed by atoms with E-state index < -0.39 is 49.1 Å². The molecule has 4 N–H and O–H groups in total. The Hall–Kier alpha value is -2.94. The molecule has 1 aliphatic heterocycles. The summed E-state index contributed by atoms with van der Waals surface area (Å²) < 4.78 is 61.7. The minimum Gasteiger partial charge on any atom is -0.350 e. The summed E-state index contributed by atoms with van der Waals surface area (Å²) >= 11 is 0. The quantitative estimate of drug-likeness (QED) is 0.326. The Balaban J connectivity index is 1.97. The van der Waals surface area contributed by atoms with Crippen molar-refractivity contribution in [3.05, 3.63) is 46.8 Å². The van der Waals surface area contributed by atoms with Crippen molar-refractivity contribution in [1.82, 2.24) is 15.6 Å². The Morgan fingerprint density at radius 3 is 1.89 bits per heavy atom. The van der Waals surface area contributed by atoms with Gasteiger partial charge in [0.2, 0.25) is 0 Å². The fourth-order valence-electron chi connectivity index (χ4n) is 4.35. The summed E-state index contributed by atoms with van der Waals surface area (Å²) in [6, 6.07) is 2.91. The van der Waals surface area contributed by atoms with E-state index in [2.05, 4.69) is 29.5 Å². The van der Waals surface area contributed by atoms with Crippen molar-refractivity contribution in [3.63, 3.8) is 0 Å². The monoisotopic (exact) mass is 554 g/mol. The van der Waals surface area contributed by atoms with Gasteiger partial charge in [0.05, 0.1) is 17.0 Å². The Kier molecular flexibility index (Phi) is 7.80. The second kappa shape index (κ2) is 10.1. The largest absolute Gasteiger partial charge is 0.350 e. The number of pyridine rings is 1. The van der Waals surface area contributed by atoms with Crippen LogP contribution in [0, 0.1) is 5.41 Å². The van der Waals surface area contributed by atoms with Crippen molar-refractivity contribution < 1.29 is 35.5 Å². The molecule has 37 heavy (non-hydrogen) atoms. The molecule has 0 fully saturated rings. The topological polar surface area (TPSA) is 192 Å². The Morgan fingerprint density at radius 1 is 0.946 bits per heavy atom. The number of carbonyl (C=O) groups excluding carboxylic acids is 2. The Labute approximate surface area is 215 Å². The van der Waals surface area contributed by atoms with Crippen molar-refractivity contribution in [2.75, 3.05) is 24.6 Å². The van der Waals surface area contributed by atoms with Crippen LogP contribution in [-0.4, -0.2) is 78.6 Å². The molecule has 12 nitrogen and oxygen atoms in total. The average Bonchev–Trinajstić information content (AvgIpc) is 2.94. The summed E-state index contributed by atoms with van der Waals surface area (Å²) in [5, 5.41) is 4.68. The molecule has 202 valence electrons. The smallest absolute Gasteiger partial charge is 0.269 e. The molecule has 0 saturated heterocycles. The first-order valence-electron chi connectivity index (χ1n) is 11.4. The van der Waals surface area contributed by atoms with E-state index in [-0.39, 0.29) is 29.9 Å². The molecular formula is C23H30N4O8S2. The lowest BCUT2D eigenvalue weighted by atomic mass is 9.71. The second-order valence-corrected chi connectivity index (χ2v) is 12.9. The van der Waals surface area contributed by atoms with Gasteiger partial charge in [0, 0.05) is 24.2 Å². The summed E-state index contributed by atoms with van der Waals surface area (Å²) in [6.45, 7) is 7.39. The third-order valence-corrected chi connectivity index (χ3v) is 7.95. The van der Waals surface area contributed by atoms with E-state index in [1.165, 1.54) is 12.1 Å². The molecular weight excluding hydrogens is 524 g/mol. The molecule has 1 unspecified atom stereocenters. The summed E-state index contributed by atoms with van der Waals surface area (Å²) in [7, 11) is -8.60. The highest BCUT2D eigenvalue weighted by molar-refractivity contribution is 7.86. The van der Waals surface area contributed by atoms with Crippen molar-refractivity contribution in [2.24, 2.45) is 10.4 Å². The number of allylic oxidation sites excluding steroid dienone is 2. The molecule has 2 heterocycles. The van der Waals surface area contributed by atoms with Crippen LogP contribution in [0.3, 0.4) is 0 Å². The average molecular weight is 555 g/mol. The third-order valence-electron chi connectivity index (χ3n) is 6.51. The van der Waals surface area contributed by atoms with Crippen LogP contribution >= 0.6 is 0 Å². The van der Waals surface area contributed by atoms with E-state index in [9.17, 15) is 26.4 Å². The number of aromatic nitrogens is 1. The standard InChI is InChI=1S/C23H30N4O8S2/c1-14-22(2,3)19-13-15(5-6-23(19,4)27-14)16-11-17(20(28)24-7-9-36(30,31)32)26-18(12-16)21(29)25-8-10-37(33,34)35/h5,11-13H,6-10H2,1-4H3,(H,24,28)(H,25,29)(H,30,31,32)(H,33,34,35). The number of amides is 2. The van der Waals surface area contributed by atoms with Gasteiger partial charge in [-0.3, -0.25) is 23.7 Å². The van der Waals surface area contributed by atoms with Gasteiger partial charge in [-0.1, -0.05) is 26.0 Å². The number of hydrogen-bond donors (Lipinski definition) is 4. The molecule has 1 atom stereocenters. The van der Waals surface area contributed by atoms with Gasteiger partial charge in [-0.2, -0.15) is 16.8 Å².